The molecule has 0 radical (unpaired) electrons. The van der Waals surface area contributed by atoms with Crippen molar-refractivity contribution in [1.29, 1.82) is 0 Å². The normalized spacial score (nSPS) is 11.2. The van der Waals surface area contributed by atoms with E-state index in [1.807, 2.05) is 42.7 Å². The summed E-state index contributed by atoms with van der Waals surface area (Å²) >= 11 is 6.27. The van der Waals surface area contributed by atoms with Crippen LogP contribution in [-0.2, 0) is 4.74 Å². The second-order valence-corrected chi connectivity index (χ2v) is 7.57. The molecule has 0 aliphatic carbocycles. The summed E-state index contributed by atoms with van der Waals surface area (Å²) < 4.78 is 12.3. The van der Waals surface area contributed by atoms with Gasteiger partial charge in [-0.05, 0) is 50.2 Å². The Hall–Kier alpha value is -3.84. The Labute approximate surface area is 189 Å². The van der Waals surface area contributed by atoms with E-state index in [9.17, 15) is 9.59 Å². The van der Waals surface area contributed by atoms with E-state index in [1.165, 1.54) is 7.11 Å². The van der Waals surface area contributed by atoms with Gasteiger partial charge in [0.25, 0.3) is 0 Å². The molecule has 4 rings (SSSR count). The first kappa shape index (κ1) is 21.4. The molecule has 8 heteroatoms. The van der Waals surface area contributed by atoms with Gasteiger partial charge >= 0.3 is 11.9 Å². The number of aryl methyl sites for hydroxylation is 1. The van der Waals surface area contributed by atoms with Crippen LogP contribution in [0.2, 0.25) is 5.02 Å². The summed E-state index contributed by atoms with van der Waals surface area (Å²) in [6, 6.07) is 16.1. The Kier molecular flexibility index (Phi) is 5.83. The van der Waals surface area contributed by atoms with E-state index in [0.717, 1.165) is 28.0 Å². The zero-order valence-electron chi connectivity index (χ0n) is 17.7. The number of methoxy groups -OCH3 is 1. The van der Waals surface area contributed by atoms with Gasteiger partial charge in [-0.25, -0.2) is 10.2 Å². The van der Waals surface area contributed by atoms with Gasteiger partial charge in [-0.15, -0.1) is 0 Å². The number of nitrogens with one attached hydrogen (secondary N) is 1. The molecule has 7 nitrogen and oxygen atoms in total. The summed E-state index contributed by atoms with van der Waals surface area (Å²) in [5.74, 6) is -0.735. The summed E-state index contributed by atoms with van der Waals surface area (Å²) in [6.45, 7) is 3.87. The van der Waals surface area contributed by atoms with Gasteiger partial charge in [0, 0.05) is 28.0 Å². The maximum atomic E-state index is 12.4. The fraction of sp³-hybridized carbons (Fsp3) is 0.125. The van der Waals surface area contributed by atoms with Crippen molar-refractivity contribution >= 4 is 40.7 Å². The number of hydrogen-bond acceptors (Lipinski definition) is 5. The number of nitrogens with zero attached hydrogens (tertiary/aromatic N) is 2. The van der Waals surface area contributed by atoms with Crippen LogP contribution in [0.5, 0.6) is 0 Å². The van der Waals surface area contributed by atoms with Gasteiger partial charge in [0.05, 0.1) is 23.9 Å². The predicted octanol–water partition coefficient (Wildman–Crippen LogP) is 5.04. The molecule has 0 aliphatic heterocycles. The predicted molar refractivity (Wildman–Crippen MR) is 123 cm³/mol. The van der Waals surface area contributed by atoms with Crippen molar-refractivity contribution in [1.82, 2.24) is 9.99 Å². The molecule has 0 spiro atoms. The minimum Gasteiger partial charge on any atom is -0.465 e. The van der Waals surface area contributed by atoms with Gasteiger partial charge in [-0.3, -0.25) is 4.79 Å². The van der Waals surface area contributed by atoms with Crippen LogP contribution in [0.3, 0.4) is 0 Å². The van der Waals surface area contributed by atoms with Crippen molar-refractivity contribution in [3.8, 4) is 5.69 Å². The third-order valence-corrected chi connectivity index (χ3v) is 5.42. The first-order chi connectivity index (χ1) is 15.4. The minimum absolute atomic E-state index is 0.189. The summed E-state index contributed by atoms with van der Waals surface area (Å²) in [4.78, 5) is 24.1. The number of carbonyl (C=O) groups is 2. The number of furan rings is 1. The Balaban J connectivity index is 1.54. The highest BCUT2D eigenvalue weighted by atomic mass is 35.5. The lowest BCUT2D eigenvalue weighted by Crippen LogP contribution is -2.16. The number of benzene rings is 2. The molecule has 0 bridgehead atoms. The van der Waals surface area contributed by atoms with Gasteiger partial charge in [0.2, 0.25) is 0 Å². The first-order valence-corrected chi connectivity index (χ1v) is 10.2. The van der Waals surface area contributed by atoms with E-state index >= 15 is 0 Å². The van der Waals surface area contributed by atoms with Gasteiger partial charge in [-0.2, -0.15) is 5.10 Å². The van der Waals surface area contributed by atoms with Gasteiger partial charge in [0.1, 0.15) is 5.58 Å². The molecule has 2 aromatic heterocycles. The maximum Gasteiger partial charge on any atom is 0.339 e. The van der Waals surface area contributed by atoms with Crippen molar-refractivity contribution in [2.45, 2.75) is 13.8 Å². The molecule has 162 valence electrons. The molecule has 4 aromatic rings. The summed E-state index contributed by atoms with van der Waals surface area (Å²) in [6.07, 6.45) is 1.57. The van der Waals surface area contributed by atoms with Gasteiger partial charge in [0.15, 0.2) is 5.76 Å². The number of amides is 1. The number of ether oxygens (including phenoxy) is 1. The Morgan fingerprint density at radius 3 is 2.62 bits per heavy atom. The molecule has 0 fully saturated rings. The van der Waals surface area contributed by atoms with Gasteiger partial charge < -0.3 is 13.7 Å². The molecule has 0 saturated heterocycles. The van der Waals surface area contributed by atoms with Crippen LogP contribution in [0.15, 0.2) is 64.1 Å². The van der Waals surface area contributed by atoms with E-state index in [4.69, 9.17) is 20.8 Å². The SMILES string of the molecule is COC(=O)c1ccc(-n2c(C)cc(/C=N/NC(=O)c3cc4ccccc4o3)c2C)cc1Cl. The highest BCUT2D eigenvalue weighted by Gasteiger charge is 2.15. The summed E-state index contributed by atoms with van der Waals surface area (Å²) in [7, 11) is 1.31. The molecular weight excluding hydrogens is 430 g/mol. The molecule has 0 unspecified atom stereocenters. The molecule has 2 aromatic carbocycles. The highest BCUT2D eigenvalue weighted by molar-refractivity contribution is 6.33. The average molecular weight is 450 g/mol. The van der Waals surface area contributed by atoms with Crippen LogP contribution >= 0.6 is 11.6 Å². The largest absolute Gasteiger partial charge is 0.465 e. The van der Waals surface area contributed by atoms with Crippen molar-refractivity contribution in [2.75, 3.05) is 7.11 Å². The topological polar surface area (TPSA) is 85.8 Å². The number of fused-ring (bicyclic) bond motifs is 1. The first-order valence-electron chi connectivity index (χ1n) is 9.78. The Morgan fingerprint density at radius 1 is 1.12 bits per heavy atom. The second kappa shape index (κ2) is 8.72. The van der Waals surface area contributed by atoms with Crippen LogP contribution in [0.25, 0.3) is 16.7 Å². The number of hydrogen-bond donors (Lipinski definition) is 1. The zero-order chi connectivity index (χ0) is 22.8. The third kappa shape index (κ3) is 4.02. The number of para-hydroxylation sites is 1. The van der Waals surface area contributed by atoms with Crippen LogP contribution in [-0.4, -0.2) is 29.8 Å². The molecule has 0 aliphatic rings. The van der Waals surface area contributed by atoms with Crippen molar-refractivity contribution in [2.24, 2.45) is 5.10 Å². The van der Waals surface area contributed by atoms with Gasteiger partial charge in [-0.1, -0.05) is 29.8 Å². The lowest BCUT2D eigenvalue weighted by atomic mass is 10.2. The lowest BCUT2D eigenvalue weighted by Gasteiger charge is -2.11. The minimum atomic E-state index is -0.490. The van der Waals surface area contributed by atoms with E-state index < -0.39 is 11.9 Å². The van der Waals surface area contributed by atoms with Crippen molar-refractivity contribution in [3.63, 3.8) is 0 Å². The number of aromatic nitrogens is 1. The van der Waals surface area contributed by atoms with Crippen LogP contribution in [0, 0.1) is 13.8 Å². The van der Waals surface area contributed by atoms with E-state index in [-0.39, 0.29) is 5.76 Å². The van der Waals surface area contributed by atoms with Crippen LogP contribution in [0.4, 0.5) is 0 Å². The fourth-order valence-electron chi connectivity index (χ4n) is 3.54. The number of hydrazone groups is 1. The fourth-order valence-corrected chi connectivity index (χ4v) is 3.80. The quantitative estimate of drug-likeness (QED) is 0.262. The number of rotatable bonds is 5. The average Bonchev–Trinajstić information content (AvgIpc) is 3.33. The molecule has 1 amide bonds. The Morgan fingerprint density at radius 2 is 1.91 bits per heavy atom. The zero-order valence-corrected chi connectivity index (χ0v) is 18.4. The molecule has 32 heavy (non-hydrogen) atoms. The molecular formula is C24H20ClN3O4. The molecule has 1 N–H and O–H groups in total. The molecule has 0 saturated carbocycles. The lowest BCUT2D eigenvalue weighted by molar-refractivity contribution is 0.0600. The summed E-state index contributed by atoms with van der Waals surface area (Å²) in [5, 5.41) is 5.23. The smallest absolute Gasteiger partial charge is 0.339 e. The highest BCUT2D eigenvalue weighted by Crippen LogP contribution is 2.25. The van der Waals surface area contributed by atoms with E-state index in [0.29, 0.717) is 16.2 Å². The van der Waals surface area contributed by atoms with Crippen LogP contribution in [0.1, 0.15) is 37.9 Å². The molecule has 0 atom stereocenters. The van der Waals surface area contributed by atoms with Crippen LogP contribution < -0.4 is 5.43 Å². The second-order valence-electron chi connectivity index (χ2n) is 7.17. The maximum absolute atomic E-state index is 12.4. The van der Waals surface area contributed by atoms with Crippen molar-refractivity contribution in [3.05, 3.63) is 87.9 Å². The Bertz CT molecular complexity index is 1330. The van der Waals surface area contributed by atoms with E-state index in [2.05, 4.69) is 10.5 Å². The monoisotopic (exact) mass is 449 g/mol. The number of carbonyl (C=O) groups excluding carboxylic acids is 2. The number of esters is 1. The third-order valence-electron chi connectivity index (χ3n) is 5.11. The summed E-state index contributed by atoms with van der Waals surface area (Å²) in [5.41, 5.74) is 6.89. The van der Waals surface area contributed by atoms with E-state index in [1.54, 1.807) is 36.5 Å². The molecule has 2 heterocycles. The van der Waals surface area contributed by atoms with Crippen molar-refractivity contribution < 1.29 is 18.7 Å². The standard InChI is InChI=1S/C24H20ClN3O4/c1-14-10-17(13-26-27-23(29)22-11-16-6-4-5-7-21(16)32-22)15(2)28(14)18-8-9-19(20(25)12-18)24(30)31-3/h4-13H,1-3H3,(H,27,29)/b26-13+. The number of halogens is 1.